The van der Waals surface area contributed by atoms with Crippen LogP contribution in [0.2, 0.25) is 0 Å². The van der Waals surface area contributed by atoms with Crippen LogP contribution in [0.15, 0.2) is 22.8 Å². The van der Waals surface area contributed by atoms with Crippen molar-refractivity contribution in [2.75, 3.05) is 5.32 Å². The number of anilines is 1. The largest absolute Gasteiger partial charge is 0.335 e. The summed E-state index contributed by atoms with van der Waals surface area (Å²) in [4.78, 5) is 15.6. The summed E-state index contributed by atoms with van der Waals surface area (Å²) >= 11 is 3.24. The topological polar surface area (TPSA) is 54.0 Å². The van der Waals surface area contributed by atoms with Crippen molar-refractivity contribution in [3.63, 3.8) is 0 Å². The molecule has 0 saturated heterocycles. The van der Waals surface area contributed by atoms with Crippen LogP contribution < -0.4 is 10.6 Å². The summed E-state index contributed by atoms with van der Waals surface area (Å²) in [7, 11) is 0. The molecule has 1 saturated carbocycles. The Bertz CT molecular complexity index is 365. The monoisotopic (exact) mass is 269 g/mol. The third kappa shape index (κ3) is 2.92. The molecule has 1 aliphatic carbocycles. The Kier molecular flexibility index (Phi) is 3.20. The van der Waals surface area contributed by atoms with Gasteiger partial charge < -0.3 is 5.32 Å². The average molecular weight is 270 g/mol. The lowest BCUT2D eigenvalue weighted by Crippen LogP contribution is -2.41. The van der Waals surface area contributed by atoms with Gasteiger partial charge >= 0.3 is 6.03 Å². The first-order chi connectivity index (χ1) is 7.24. The Balaban J connectivity index is 1.87. The summed E-state index contributed by atoms with van der Waals surface area (Å²) in [5.74, 6) is 0.557. The van der Waals surface area contributed by atoms with Gasteiger partial charge in [-0.15, -0.1) is 0 Å². The molecule has 4 nitrogen and oxygen atoms in total. The number of amides is 2. The van der Waals surface area contributed by atoms with Gasteiger partial charge in [0, 0.05) is 6.04 Å². The van der Waals surface area contributed by atoms with E-state index in [1.165, 1.54) is 6.42 Å². The van der Waals surface area contributed by atoms with Gasteiger partial charge in [0.25, 0.3) is 0 Å². The molecule has 1 aromatic rings. The number of nitrogens with zero attached hydrogens (tertiary/aromatic N) is 1. The molecule has 1 heterocycles. The fourth-order valence-corrected chi connectivity index (χ4v) is 1.71. The molecule has 0 bridgehead atoms. The van der Waals surface area contributed by atoms with Crippen molar-refractivity contribution in [3.8, 4) is 0 Å². The van der Waals surface area contributed by atoms with E-state index in [0.29, 0.717) is 16.5 Å². The first-order valence-corrected chi connectivity index (χ1v) is 5.73. The molecule has 1 aromatic heterocycles. The minimum absolute atomic E-state index is 0.176. The van der Waals surface area contributed by atoms with Gasteiger partial charge in [-0.1, -0.05) is 6.07 Å². The van der Waals surface area contributed by atoms with Crippen LogP contribution in [-0.2, 0) is 0 Å². The highest BCUT2D eigenvalue weighted by atomic mass is 79.9. The lowest BCUT2D eigenvalue weighted by atomic mass is 9.93. The predicted molar refractivity (Wildman–Crippen MR) is 61.7 cm³/mol. The van der Waals surface area contributed by atoms with Crippen LogP contribution in [0.3, 0.4) is 0 Å². The summed E-state index contributed by atoms with van der Waals surface area (Å²) in [6.45, 7) is 0. The number of carbonyl (C=O) groups is 1. The molecule has 80 valence electrons. The van der Waals surface area contributed by atoms with Crippen LogP contribution in [0.4, 0.5) is 10.6 Å². The van der Waals surface area contributed by atoms with Gasteiger partial charge in [0.1, 0.15) is 10.4 Å². The van der Waals surface area contributed by atoms with E-state index in [0.717, 1.165) is 12.8 Å². The summed E-state index contributed by atoms with van der Waals surface area (Å²) < 4.78 is 0.712. The van der Waals surface area contributed by atoms with E-state index in [-0.39, 0.29) is 6.03 Å². The van der Waals surface area contributed by atoms with Crippen LogP contribution in [0.25, 0.3) is 0 Å². The van der Waals surface area contributed by atoms with Gasteiger partial charge in [0.2, 0.25) is 0 Å². The van der Waals surface area contributed by atoms with Crippen molar-refractivity contribution in [2.24, 2.45) is 0 Å². The number of pyridine rings is 1. The quantitative estimate of drug-likeness (QED) is 0.811. The summed E-state index contributed by atoms with van der Waals surface area (Å²) in [5.41, 5.74) is 0. The number of aromatic nitrogens is 1. The molecule has 0 atom stereocenters. The molecular formula is C10H12BrN3O. The van der Waals surface area contributed by atoms with Crippen LogP contribution in [0, 0.1) is 0 Å². The number of hydrogen-bond donors (Lipinski definition) is 2. The van der Waals surface area contributed by atoms with Crippen LogP contribution >= 0.6 is 15.9 Å². The second kappa shape index (κ2) is 4.61. The van der Waals surface area contributed by atoms with E-state index in [1.807, 2.05) is 12.1 Å². The number of halogens is 1. The van der Waals surface area contributed by atoms with Gasteiger partial charge in [-0.3, -0.25) is 5.32 Å². The SMILES string of the molecule is O=C(Nc1cccc(Br)n1)NC1CCC1. The highest BCUT2D eigenvalue weighted by Crippen LogP contribution is 2.18. The molecule has 0 radical (unpaired) electrons. The zero-order chi connectivity index (χ0) is 10.7. The third-order valence-electron chi connectivity index (χ3n) is 2.40. The summed E-state index contributed by atoms with van der Waals surface area (Å²) in [6, 6.07) is 5.57. The maximum absolute atomic E-state index is 11.4. The molecule has 0 aliphatic heterocycles. The highest BCUT2D eigenvalue weighted by Gasteiger charge is 2.19. The molecule has 2 rings (SSSR count). The van der Waals surface area contributed by atoms with Crippen molar-refractivity contribution in [2.45, 2.75) is 25.3 Å². The van der Waals surface area contributed by atoms with E-state index >= 15 is 0 Å². The van der Waals surface area contributed by atoms with Crippen molar-refractivity contribution >= 4 is 27.8 Å². The van der Waals surface area contributed by atoms with Gasteiger partial charge in [-0.2, -0.15) is 0 Å². The minimum Gasteiger partial charge on any atom is -0.335 e. The molecule has 5 heteroatoms. The van der Waals surface area contributed by atoms with E-state index in [9.17, 15) is 4.79 Å². The van der Waals surface area contributed by atoms with Gasteiger partial charge in [-0.05, 0) is 47.3 Å². The number of rotatable bonds is 2. The maximum atomic E-state index is 11.4. The van der Waals surface area contributed by atoms with E-state index in [4.69, 9.17) is 0 Å². The standard InChI is InChI=1S/C10H12BrN3O/c11-8-5-2-6-9(13-8)14-10(15)12-7-3-1-4-7/h2,5-7H,1,3-4H2,(H2,12,13,14,15). The molecule has 1 fully saturated rings. The average Bonchev–Trinajstić information content (AvgIpc) is 2.11. The third-order valence-corrected chi connectivity index (χ3v) is 2.84. The normalized spacial score (nSPS) is 15.5. The molecule has 2 amide bonds. The molecule has 1 aliphatic rings. The number of hydrogen-bond acceptors (Lipinski definition) is 2. The lowest BCUT2D eigenvalue weighted by Gasteiger charge is -2.26. The predicted octanol–water partition coefficient (Wildman–Crippen LogP) is 2.52. The maximum Gasteiger partial charge on any atom is 0.320 e. The number of carbonyl (C=O) groups excluding carboxylic acids is 1. The summed E-state index contributed by atoms with van der Waals surface area (Å²) in [6.07, 6.45) is 3.37. The summed E-state index contributed by atoms with van der Waals surface area (Å²) in [5, 5.41) is 5.57. The molecule has 15 heavy (non-hydrogen) atoms. The zero-order valence-electron chi connectivity index (χ0n) is 8.16. The lowest BCUT2D eigenvalue weighted by molar-refractivity contribution is 0.240. The molecule has 0 spiro atoms. The Hall–Kier alpha value is -1.10. The van der Waals surface area contributed by atoms with E-state index < -0.39 is 0 Å². The second-order valence-electron chi connectivity index (χ2n) is 3.57. The van der Waals surface area contributed by atoms with Crippen molar-refractivity contribution in [3.05, 3.63) is 22.8 Å². The second-order valence-corrected chi connectivity index (χ2v) is 4.38. The fraction of sp³-hybridized carbons (Fsp3) is 0.400. The van der Waals surface area contributed by atoms with Gasteiger partial charge in [-0.25, -0.2) is 9.78 Å². The van der Waals surface area contributed by atoms with Crippen molar-refractivity contribution in [1.82, 2.24) is 10.3 Å². The van der Waals surface area contributed by atoms with Crippen molar-refractivity contribution < 1.29 is 4.79 Å². The van der Waals surface area contributed by atoms with Crippen LogP contribution in [0.5, 0.6) is 0 Å². The first kappa shape index (κ1) is 10.4. The van der Waals surface area contributed by atoms with E-state index in [1.54, 1.807) is 6.07 Å². The van der Waals surface area contributed by atoms with Gasteiger partial charge in [0.05, 0.1) is 0 Å². The van der Waals surface area contributed by atoms with Crippen molar-refractivity contribution in [1.29, 1.82) is 0 Å². The zero-order valence-corrected chi connectivity index (χ0v) is 9.75. The molecule has 0 aromatic carbocycles. The Morgan fingerprint density at radius 2 is 2.27 bits per heavy atom. The Morgan fingerprint density at radius 3 is 2.87 bits per heavy atom. The first-order valence-electron chi connectivity index (χ1n) is 4.94. The number of urea groups is 1. The van der Waals surface area contributed by atoms with Gasteiger partial charge in [0.15, 0.2) is 0 Å². The highest BCUT2D eigenvalue weighted by molar-refractivity contribution is 9.10. The minimum atomic E-state index is -0.176. The molecule has 2 N–H and O–H groups in total. The Labute approximate surface area is 96.6 Å². The number of nitrogens with one attached hydrogen (secondary N) is 2. The van der Waals surface area contributed by atoms with E-state index in [2.05, 4.69) is 31.5 Å². The molecular weight excluding hydrogens is 258 g/mol. The fourth-order valence-electron chi connectivity index (χ4n) is 1.37. The molecule has 0 unspecified atom stereocenters. The Morgan fingerprint density at radius 1 is 1.47 bits per heavy atom. The smallest absolute Gasteiger partial charge is 0.320 e. The van der Waals surface area contributed by atoms with Crippen LogP contribution in [-0.4, -0.2) is 17.1 Å². The van der Waals surface area contributed by atoms with Crippen LogP contribution in [0.1, 0.15) is 19.3 Å².